The fraction of sp³-hybridized carbons (Fsp3) is 0.467. The molecule has 6 heteroatoms. The smallest absolute Gasteiger partial charge is 0.257 e. The van der Waals surface area contributed by atoms with Crippen molar-refractivity contribution in [2.75, 3.05) is 19.6 Å². The molecule has 0 bridgehead atoms. The molecule has 5 nitrogen and oxygen atoms in total. The van der Waals surface area contributed by atoms with E-state index in [1.165, 1.54) is 17.0 Å². The van der Waals surface area contributed by atoms with Gasteiger partial charge in [0, 0.05) is 6.04 Å². The van der Waals surface area contributed by atoms with Gasteiger partial charge in [0.2, 0.25) is 5.91 Å². The first-order valence-corrected chi connectivity index (χ1v) is 7.05. The number of primary amides is 1. The normalized spacial score (nSPS) is 15.7. The van der Waals surface area contributed by atoms with Crippen LogP contribution >= 0.6 is 0 Å². The molecule has 0 aromatic heterocycles. The molecule has 21 heavy (non-hydrogen) atoms. The minimum Gasteiger partial charge on any atom is -0.368 e. The van der Waals surface area contributed by atoms with Crippen LogP contribution in [0.1, 0.15) is 28.8 Å². The van der Waals surface area contributed by atoms with E-state index in [9.17, 15) is 14.0 Å². The lowest BCUT2D eigenvalue weighted by Gasteiger charge is -2.34. The summed E-state index contributed by atoms with van der Waals surface area (Å²) in [4.78, 5) is 25.2. The van der Waals surface area contributed by atoms with Crippen LogP contribution in [0.15, 0.2) is 18.2 Å². The standard InChI is InChI=1S/C15H20FN3O2/c1-10-2-3-12(13(16)8-10)15(21)19(9-14(17)20)11-4-6-18-7-5-11/h2-3,8,11,18H,4-7,9H2,1H3,(H2,17,20). The van der Waals surface area contributed by atoms with Crippen LogP contribution in [0.2, 0.25) is 0 Å². The van der Waals surface area contributed by atoms with Crippen LogP contribution < -0.4 is 11.1 Å². The number of nitrogens with two attached hydrogens (primary N) is 1. The van der Waals surface area contributed by atoms with Gasteiger partial charge < -0.3 is 16.0 Å². The number of benzene rings is 1. The highest BCUT2D eigenvalue weighted by Crippen LogP contribution is 2.18. The predicted molar refractivity (Wildman–Crippen MR) is 77.3 cm³/mol. The van der Waals surface area contributed by atoms with Crippen molar-refractivity contribution in [1.82, 2.24) is 10.2 Å². The molecule has 1 aromatic rings. The van der Waals surface area contributed by atoms with Crippen LogP contribution in [-0.2, 0) is 4.79 Å². The summed E-state index contributed by atoms with van der Waals surface area (Å²) in [6.07, 6.45) is 1.46. The zero-order valence-electron chi connectivity index (χ0n) is 12.1. The minimum atomic E-state index is -0.589. The lowest BCUT2D eigenvalue weighted by Crippen LogP contribution is -2.49. The van der Waals surface area contributed by atoms with Crippen molar-refractivity contribution in [1.29, 1.82) is 0 Å². The highest BCUT2D eigenvalue weighted by Gasteiger charge is 2.28. The van der Waals surface area contributed by atoms with Gasteiger partial charge in [-0.2, -0.15) is 0 Å². The molecule has 1 heterocycles. The summed E-state index contributed by atoms with van der Waals surface area (Å²) in [5.41, 5.74) is 5.97. The van der Waals surface area contributed by atoms with Crippen LogP contribution in [-0.4, -0.2) is 42.4 Å². The second-order valence-corrected chi connectivity index (χ2v) is 5.36. The van der Waals surface area contributed by atoms with Crippen LogP contribution in [0.25, 0.3) is 0 Å². The molecule has 0 aliphatic carbocycles. The molecule has 3 N–H and O–H groups in total. The number of rotatable bonds is 4. The summed E-state index contributed by atoms with van der Waals surface area (Å²) in [6.45, 7) is 3.11. The quantitative estimate of drug-likeness (QED) is 0.863. The fourth-order valence-corrected chi connectivity index (χ4v) is 2.60. The van der Waals surface area contributed by atoms with Crippen LogP contribution in [0.3, 0.4) is 0 Å². The Morgan fingerprint density at radius 2 is 2.05 bits per heavy atom. The molecule has 0 saturated carbocycles. The van der Waals surface area contributed by atoms with E-state index in [1.807, 2.05) is 0 Å². The Labute approximate surface area is 123 Å². The SMILES string of the molecule is Cc1ccc(C(=O)N(CC(N)=O)C2CCNCC2)c(F)c1. The highest BCUT2D eigenvalue weighted by atomic mass is 19.1. The van der Waals surface area contributed by atoms with Gasteiger partial charge in [0.05, 0.1) is 12.1 Å². The molecule has 1 aromatic carbocycles. The van der Waals surface area contributed by atoms with Gasteiger partial charge >= 0.3 is 0 Å². The van der Waals surface area contributed by atoms with Gasteiger partial charge in [-0.15, -0.1) is 0 Å². The Morgan fingerprint density at radius 3 is 2.62 bits per heavy atom. The van der Waals surface area contributed by atoms with Crippen LogP contribution in [0.5, 0.6) is 0 Å². The molecule has 1 fully saturated rings. The zero-order chi connectivity index (χ0) is 15.4. The molecular formula is C15H20FN3O2. The van der Waals surface area contributed by atoms with E-state index in [1.54, 1.807) is 13.0 Å². The summed E-state index contributed by atoms with van der Waals surface area (Å²) in [5, 5.41) is 3.19. The third-order valence-electron chi connectivity index (χ3n) is 3.69. The number of hydrogen-bond acceptors (Lipinski definition) is 3. The number of nitrogens with zero attached hydrogens (tertiary/aromatic N) is 1. The van der Waals surface area contributed by atoms with Crippen molar-refractivity contribution in [3.63, 3.8) is 0 Å². The molecule has 2 amide bonds. The first kappa shape index (κ1) is 15.4. The van der Waals surface area contributed by atoms with Crippen molar-refractivity contribution < 1.29 is 14.0 Å². The molecule has 0 radical (unpaired) electrons. The molecule has 1 aliphatic rings. The number of amides is 2. The average molecular weight is 293 g/mol. The fourth-order valence-electron chi connectivity index (χ4n) is 2.60. The Morgan fingerprint density at radius 1 is 1.38 bits per heavy atom. The average Bonchev–Trinajstić information content (AvgIpc) is 2.45. The van der Waals surface area contributed by atoms with Gasteiger partial charge in [-0.3, -0.25) is 9.59 Å². The molecule has 114 valence electrons. The van der Waals surface area contributed by atoms with Gasteiger partial charge in [-0.05, 0) is 50.6 Å². The van der Waals surface area contributed by atoms with E-state index in [0.717, 1.165) is 31.5 Å². The maximum atomic E-state index is 14.0. The highest BCUT2D eigenvalue weighted by molar-refractivity contribution is 5.96. The minimum absolute atomic E-state index is 0.0135. The molecule has 0 spiro atoms. The number of hydrogen-bond donors (Lipinski definition) is 2. The zero-order valence-corrected chi connectivity index (χ0v) is 12.1. The van der Waals surface area contributed by atoms with Crippen molar-refractivity contribution in [3.05, 3.63) is 35.1 Å². The Bertz CT molecular complexity index is 542. The van der Waals surface area contributed by atoms with Crippen molar-refractivity contribution in [2.24, 2.45) is 5.73 Å². The lowest BCUT2D eigenvalue weighted by atomic mass is 10.0. The molecule has 0 atom stereocenters. The van der Waals surface area contributed by atoms with Crippen molar-refractivity contribution in [3.8, 4) is 0 Å². The van der Waals surface area contributed by atoms with E-state index in [2.05, 4.69) is 5.32 Å². The Balaban J connectivity index is 2.26. The first-order valence-electron chi connectivity index (χ1n) is 7.05. The number of carbonyl (C=O) groups excluding carboxylic acids is 2. The summed E-state index contributed by atoms with van der Waals surface area (Å²) >= 11 is 0. The molecular weight excluding hydrogens is 273 g/mol. The molecule has 1 aliphatic heterocycles. The van der Waals surface area contributed by atoms with E-state index in [-0.39, 0.29) is 18.2 Å². The van der Waals surface area contributed by atoms with Crippen LogP contribution in [0, 0.1) is 12.7 Å². The monoisotopic (exact) mass is 293 g/mol. The Hall–Kier alpha value is -1.95. The van der Waals surface area contributed by atoms with Crippen LogP contribution in [0.4, 0.5) is 4.39 Å². The van der Waals surface area contributed by atoms with Gasteiger partial charge in [-0.1, -0.05) is 6.07 Å². The number of carbonyl (C=O) groups is 2. The number of piperidine rings is 1. The third-order valence-corrected chi connectivity index (χ3v) is 3.69. The second-order valence-electron chi connectivity index (χ2n) is 5.36. The summed E-state index contributed by atoms with van der Waals surface area (Å²) in [5.74, 6) is -1.63. The third kappa shape index (κ3) is 3.78. The van der Waals surface area contributed by atoms with E-state index < -0.39 is 17.6 Å². The van der Waals surface area contributed by atoms with Gasteiger partial charge in [0.1, 0.15) is 5.82 Å². The maximum Gasteiger partial charge on any atom is 0.257 e. The van der Waals surface area contributed by atoms with E-state index in [0.29, 0.717) is 0 Å². The van der Waals surface area contributed by atoms with E-state index in [4.69, 9.17) is 5.73 Å². The number of nitrogens with one attached hydrogen (secondary N) is 1. The summed E-state index contributed by atoms with van der Waals surface area (Å²) in [6, 6.07) is 4.37. The summed E-state index contributed by atoms with van der Waals surface area (Å²) in [7, 11) is 0. The van der Waals surface area contributed by atoms with Gasteiger partial charge in [0.15, 0.2) is 0 Å². The molecule has 1 saturated heterocycles. The predicted octanol–water partition coefficient (Wildman–Crippen LogP) is 0.814. The number of aryl methyl sites for hydroxylation is 1. The van der Waals surface area contributed by atoms with Gasteiger partial charge in [-0.25, -0.2) is 4.39 Å². The molecule has 0 unspecified atom stereocenters. The summed E-state index contributed by atoms with van der Waals surface area (Å²) < 4.78 is 14.0. The van der Waals surface area contributed by atoms with Gasteiger partial charge in [0.25, 0.3) is 5.91 Å². The Kier molecular flexibility index (Phi) is 4.90. The van der Waals surface area contributed by atoms with E-state index >= 15 is 0 Å². The molecule has 2 rings (SSSR count). The topological polar surface area (TPSA) is 75.4 Å². The van der Waals surface area contributed by atoms with Crippen molar-refractivity contribution >= 4 is 11.8 Å². The lowest BCUT2D eigenvalue weighted by molar-refractivity contribution is -0.119. The number of halogens is 1. The van der Waals surface area contributed by atoms with Crippen molar-refractivity contribution in [2.45, 2.75) is 25.8 Å². The maximum absolute atomic E-state index is 14.0. The largest absolute Gasteiger partial charge is 0.368 e. The second kappa shape index (κ2) is 6.67. The first-order chi connectivity index (χ1) is 9.99.